The minimum Gasteiger partial charge on any atom is -0.384 e. The fourth-order valence-corrected chi connectivity index (χ4v) is 4.11. The summed E-state index contributed by atoms with van der Waals surface area (Å²) in [6.45, 7) is 0.604. The van der Waals surface area contributed by atoms with Gasteiger partial charge in [-0.25, -0.2) is 0 Å². The number of benzene rings is 1. The van der Waals surface area contributed by atoms with Gasteiger partial charge in [0.15, 0.2) is 0 Å². The smallest absolute Gasteiger partial charge is 0.251 e. The maximum Gasteiger partial charge on any atom is 0.251 e. The number of ether oxygens (including phenoxy) is 1. The van der Waals surface area contributed by atoms with Crippen molar-refractivity contribution >= 4 is 11.8 Å². The molecule has 1 aromatic rings. The summed E-state index contributed by atoms with van der Waals surface area (Å²) in [5.41, 5.74) is 0.962. The van der Waals surface area contributed by atoms with Crippen LogP contribution < -0.4 is 10.6 Å². The van der Waals surface area contributed by atoms with E-state index in [2.05, 4.69) is 10.6 Å². The van der Waals surface area contributed by atoms with Crippen molar-refractivity contribution in [3.8, 4) is 6.07 Å². The van der Waals surface area contributed by atoms with Crippen LogP contribution in [-0.4, -0.2) is 37.6 Å². The van der Waals surface area contributed by atoms with Gasteiger partial charge >= 0.3 is 0 Å². The van der Waals surface area contributed by atoms with Crippen LogP contribution in [0.1, 0.15) is 41.6 Å². The zero-order chi connectivity index (χ0) is 17.8. The molecule has 2 amide bonds. The molecule has 1 heterocycles. The van der Waals surface area contributed by atoms with E-state index in [1.807, 2.05) is 6.07 Å². The number of piperidine rings is 1. The molecule has 6 nitrogen and oxygen atoms in total. The van der Waals surface area contributed by atoms with Crippen LogP contribution >= 0.6 is 0 Å². The molecule has 132 valence electrons. The third kappa shape index (κ3) is 3.99. The van der Waals surface area contributed by atoms with Gasteiger partial charge in [-0.3, -0.25) is 9.59 Å². The van der Waals surface area contributed by atoms with Crippen molar-refractivity contribution in [2.45, 2.75) is 37.8 Å². The molecule has 4 unspecified atom stereocenters. The number of carbonyl (C=O) groups excluding carboxylic acids is 2. The summed E-state index contributed by atoms with van der Waals surface area (Å²) in [5.74, 6) is 0.563. The molecular formula is C19H23N3O3. The zero-order valence-corrected chi connectivity index (χ0v) is 14.3. The zero-order valence-electron chi connectivity index (χ0n) is 14.3. The number of carbonyl (C=O) groups is 2. The van der Waals surface area contributed by atoms with Crippen LogP contribution in [0.4, 0.5) is 0 Å². The number of nitrogens with one attached hydrogen (secondary N) is 2. The number of hydrogen-bond donors (Lipinski definition) is 2. The standard InChI is InChI=1S/C19H23N3O3/c1-25-11-14-8-18(23)22-17-9-15(5-6-16(14)17)21-19(24)13-4-2-3-12(7-13)10-20/h2-4,7,14-17H,5-6,8-9,11H2,1H3,(H,21,24)(H,22,23). The first kappa shape index (κ1) is 17.4. The minimum atomic E-state index is -0.170. The summed E-state index contributed by atoms with van der Waals surface area (Å²) >= 11 is 0. The largest absolute Gasteiger partial charge is 0.384 e. The molecule has 0 bridgehead atoms. The van der Waals surface area contributed by atoms with Gasteiger partial charge in [0.2, 0.25) is 5.91 Å². The van der Waals surface area contributed by atoms with Gasteiger partial charge in [-0.05, 0) is 49.3 Å². The Hall–Kier alpha value is -2.39. The Labute approximate surface area is 147 Å². The highest BCUT2D eigenvalue weighted by Crippen LogP contribution is 2.35. The van der Waals surface area contributed by atoms with Crippen molar-refractivity contribution in [1.29, 1.82) is 5.26 Å². The molecule has 4 atom stereocenters. The number of nitriles is 1. The summed E-state index contributed by atoms with van der Waals surface area (Å²) in [7, 11) is 1.67. The summed E-state index contributed by atoms with van der Waals surface area (Å²) in [6.07, 6.45) is 3.11. The SMILES string of the molecule is COCC1CC(=O)NC2CC(NC(=O)c3cccc(C#N)c3)CCC12. The Kier molecular flexibility index (Phi) is 5.34. The highest BCUT2D eigenvalue weighted by atomic mass is 16.5. The molecule has 1 aromatic carbocycles. The predicted octanol–water partition coefficient (Wildman–Crippen LogP) is 1.61. The summed E-state index contributed by atoms with van der Waals surface area (Å²) in [4.78, 5) is 24.4. The van der Waals surface area contributed by atoms with E-state index in [1.54, 1.807) is 31.4 Å². The van der Waals surface area contributed by atoms with Crippen LogP contribution in [0.25, 0.3) is 0 Å². The van der Waals surface area contributed by atoms with Crippen molar-refractivity contribution in [3.05, 3.63) is 35.4 Å². The molecule has 25 heavy (non-hydrogen) atoms. The molecule has 1 saturated carbocycles. The molecule has 2 fully saturated rings. The lowest BCUT2D eigenvalue weighted by molar-refractivity contribution is -0.128. The number of methoxy groups -OCH3 is 1. The molecule has 2 aliphatic rings. The molecule has 0 aromatic heterocycles. The number of rotatable bonds is 4. The second-order valence-electron chi connectivity index (χ2n) is 6.93. The highest BCUT2D eigenvalue weighted by molar-refractivity contribution is 5.94. The van der Waals surface area contributed by atoms with Crippen LogP contribution in [-0.2, 0) is 9.53 Å². The predicted molar refractivity (Wildman–Crippen MR) is 91.7 cm³/mol. The van der Waals surface area contributed by atoms with Gasteiger partial charge in [0, 0.05) is 37.8 Å². The average molecular weight is 341 g/mol. The highest BCUT2D eigenvalue weighted by Gasteiger charge is 2.40. The molecule has 3 rings (SSSR count). The summed E-state index contributed by atoms with van der Waals surface area (Å²) in [5, 5.41) is 15.1. The van der Waals surface area contributed by atoms with Gasteiger partial charge in [-0.2, -0.15) is 5.26 Å². The van der Waals surface area contributed by atoms with Gasteiger partial charge in [-0.15, -0.1) is 0 Å². The average Bonchev–Trinajstić information content (AvgIpc) is 2.61. The molecule has 1 saturated heterocycles. The van der Waals surface area contributed by atoms with E-state index in [4.69, 9.17) is 10.00 Å². The third-order valence-corrected chi connectivity index (χ3v) is 5.27. The van der Waals surface area contributed by atoms with E-state index < -0.39 is 0 Å². The Morgan fingerprint density at radius 3 is 3.04 bits per heavy atom. The van der Waals surface area contributed by atoms with Gasteiger partial charge in [0.1, 0.15) is 0 Å². The van der Waals surface area contributed by atoms with Crippen LogP contribution in [0.2, 0.25) is 0 Å². The fourth-order valence-electron chi connectivity index (χ4n) is 4.11. The molecular weight excluding hydrogens is 318 g/mol. The number of fused-ring (bicyclic) bond motifs is 1. The normalized spacial score (nSPS) is 28.4. The van der Waals surface area contributed by atoms with E-state index in [0.29, 0.717) is 30.1 Å². The lowest BCUT2D eigenvalue weighted by Gasteiger charge is -2.43. The second kappa shape index (κ2) is 7.66. The Bertz CT molecular complexity index is 697. The van der Waals surface area contributed by atoms with Crippen molar-refractivity contribution in [3.63, 3.8) is 0 Å². The van der Waals surface area contributed by atoms with Crippen LogP contribution in [0.5, 0.6) is 0 Å². The van der Waals surface area contributed by atoms with Crippen molar-refractivity contribution in [1.82, 2.24) is 10.6 Å². The first-order chi connectivity index (χ1) is 12.1. The number of nitrogens with zero attached hydrogens (tertiary/aromatic N) is 1. The van der Waals surface area contributed by atoms with Crippen LogP contribution in [0.15, 0.2) is 24.3 Å². The first-order valence-corrected chi connectivity index (χ1v) is 8.70. The third-order valence-electron chi connectivity index (χ3n) is 5.27. The second-order valence-corrected chi connectivity index (χ2v) is 6.93. The van der Waals surface area contributed by atoms with E-state index in [-0.39, 0.29) is 29.8 Å². The number of hydrogen-bond acceptors (Lipinski definition) is 4. The van der Waals surface area contributed by atoms with Crippen LogP contribution in [0, 0.1) is 23.2 Å². The van der Waals surface area contributed by atoms with Gasteiger partial charge < -0.3 is 15.4 Å². The van der Waals surface area contributed by atoms with E-state index >= 15 is 0 Å². The Balaban J connectivity index is 1.63. The lowest BCUT2D eigenvalue weighted by atomic mass is 9.71. The minimum absolute atomic E-state index is 0.0288. The van der Waals surface area contributed by atoms with Crippen molar-refractivity contribution in [2.24, 2.45) is 11.8 Å². The van der Waals surface area contributed by atoms with E-state index in [1.165, 1.54) is 0 Å². The van der Waals surface area contributed by atoms with Gasteiger partial charge in [0.05, 0.1) is 11.6 Å². The molecule has 0 radical (unpaired) electrons. The molecule has 6 heteroatoms. The number of amides is 2. The molecule has 1 aliphatic heterocycles. The van der Waals surface area contributed by atoms with Crippen molar-refractivity contribution in [2.75, 3.05) is 13.7 Å². The van der Waals surface area contributed by atoms with Gasteiger partial charge in [-0.1, -0.05) is 6.07 Å². The summed E-state index contributed by atoms with van der Waals surface area (Å²) < 4.78 is 5.27. The Morgan fingerprint density at radius 1 is 1.44 bits per heavy atom. The van der Waals surface area contributed by atoms with Crippen LogP contribution in [0.3, 0.4) is 0 Å². The quantitative estimate of drug-likeness (QED) is 0.870. The van der Waals surface area contributed by atoms with Gasteiger partial charge in [0.25, 0.3) is 5.91 Å². The maximum atomic E-state index is 12.4. The van der Waals surface area contributed by atoms with E-state index in [0.717, 1.165) is 19.3 Å². The molecule has 0 spiro atoms. The lowest BCUT2D eigenvalue weighted by Crippen LogP contribution is -2.56. The van der Waals surface area contributed by atoms with E-state index in [9.17, 15) is 9.59 Å². The molecule has 2 N–H and O–H groups in total. The summed E-state index contributed by atoms with van der Waals surface area (Å²) in [6, 6.07) is 8.85. The topological polar surface area (TPSA) is 91.2 Å². The Morgan fingerprint density at radius 2 is 2.28 bits per heavy atom. The fraction of sp³-hybridized carbons (Fsp3) is 0.526. The maximum absolute atomic E-state index is 12.4. The first-order valence-electron chi connectivity index (χ1n) is 8.70. The monoisotopic (exact) mass is 341 g/mol. The van der Waals surface area contributed by atoms with Crippen molar-refractivity contribution < 1.29 is 14.3 Å². The molecule has 1 aliphatic carbocycles.